The summed E-state index contributed by atoms with van der Waals surface area (Å²) in [5.74, 6) is 0. The molecule has 0 aliphatic carbocycles. The fraction of sp³-hybridized carbons (Fsp3) is 0.571. The number of rotatable bonds is 3. The molecular formula is C14H21NOS. The Kier molecular flexibility index (Phi) is 3.69. The monoisotopic (exact) mass is 251 g/mol. The molecule has 17 heavy (non-hydrogen) atoms. The first-order valence-electron chi connectivity index (χ1n) is 6.31. The van der Waals surface area contributed by atoms with Crippen LogP contribution in [0.2, 0.25) is 0 Å². The maximum atomic E-state index is 12.4. The van der Waals surface area contributed by atoms with E-state index in [0.29, 0.717) is 0 Å². The van der Waals surface area contributed by atoms with E-state index in [1.54, 1.807) is 0 Å². The van der Waals surface area contributed by atoms with Crippen LogP contribution >= 0.6 is 0 Å². The van der Waals surface area contributed by atoms with Gasteiger partial charge in [0.2, 0.25) is 0 Å². The highest BCUT2D eigenvalue weighted by Crippen LogP contribution is 2.38. The molecule has 3 atom stereocenters. The van der Waals surface area contributed by atoms with E-state index in [4.69, 9.17) is 0 Å². The van der Waals surface area contributed by atoms with Crippen molar-refractivity contribution in [1.29, 1.82) is 0 Å². The Morgan fingerprint density at radius 3 is 2.71 bits per heavy atom. The quantitative estimate of drug-likeness (QED) is 0.895. The van der Waals surface area contributed by atoms with Gasteiger partial charge in [-0.3, -0.25) is 4.21 Å². The predicted molar refractivity (Wildman–Crippen MR) is 72.8 cm³/mol. The molecule has 1 aromatic carbocycles. The summed E-state index contributed by atoms with van der Waals surface area (Å²) < 4.78 is 12.4. The Morgan fingerprint density at radius 2 is 2.06 bits per heavy atom. The summed E-state index contributed by atoms with van der Waals surface area (Å²) >= 11 is 0. The van der Waals surface area contributed by atoms with Crippen LogP contribution in [0.4, 0.5) is 0 Å². The van der Waals surface area contributed by atoms with Crippen molar-refractivity contribution in [3.05, 3.63) is 28.8 Å². The molecule has 0 saturated carbocycles. The lowest BCUT2D eigenvalue weighted by Crippen LogP contribution is -2.28. The minimum absolute atomic E-state index is 0.178. The third kappa shape index (κ3) is 2.18. The molecule has 0 radical (unpaired) electrons. The summed E-state index contributed by atoms with van der Waals surface area (Å²) in [7, 11) is -0.858. The van der Waals surface area contributed by atoms with Crippen molar-refractivity contribution in [1.82, 2.24) is 5.32 Å². The van der Waals surface area contributed by atoms with Crippen LogP contribution in [0, 0.1) is 13.8 Å². The first-order valence-corrected chi connectivity index (χ1v) is 7.52. The van der Waals surface area contributed by atoms with Gasteiger partial charge in [-0.05, 0) is 44.9 Å². The van der Waals surface area contributed by atoms with Crippen molar-refractivity contribution < 1.29 is 4.21 Å². The Labute approximate surface area is 106 Å². The molecule has 1 N–H and O–H groups in total. The first-order chi connectivity index (χ1) is 8.06. The summed E-state index contributed by atoms with van der Waals surface area (Å²) in [6.07, 6.45) is 1.11. The second-order valence-electron chi connectivity index (χ2n) is 4.93. The fourth-order valence-corrected chi connectivity index (χ4v) is 4.29. The topological polar surface area (TPSA) is 29.1 Å². The van der Waals surface area contributed by atoms with Crippen LogP contribution in [0.25, 0.3) is 0 Å². The lowest BCUT2D eigenvalue weighted by atomic mass is 9.99. The second-order valence-corrected chi connectivity index (χ2v) is 6.68. The number of hydrogen-bond donors (Lipinski definition) is 1. The second kappa shape index (κ2) is 4.91. The van der Waals surface area contributed by atoms with Crippen LogP contribution in [0.15, 0.2) is 17.0 Å². The fourth-order valence-electron chi connectivity index (χ4n) is 2.63. The van der Waals surface area contributed by atoms with Gasteiger partial charge in [0.1, 0.15) is 0 Å². The number of aryl methyl sites for hydroxylation is 2. The molecule has 0 spiro atoms. The number of benzene rings is 1. The first kappa shape index (κ1) is 12.8. The largest absolute Gasteiger partial charge is 0.309 e. The Balaban J connectivity index is 2.44. The van der Waals surface area contributed by atoms with Crippen LogP contribution in [0.3, 0.4) is 0 Å². The minimum atomic E-state index is -0.858. The molecule has 0 bridgehead atoms. The number of nitrogens with one attached hydrogen (secondary N) is 1. The zero-order valence-electron chi connectivity index (χ0n) is 11.0. The van der Waals surface area contributed by atoms with E-state index in [9.17, 15) is 4.21 Å². The van der Waals surface area contributed by atoms with E-state index in [2.05, 4.69) is 45.1 Å². The zero-order valence-corrected chi connectivity index (χ0v) is 11.9. The van der Waals surface area contributed by atoms with Crippen LogP contribution in [-0.4, -0.2) is 16.0 Å². The van der Waals surface area contributed by atoms with Gasteiger partial charge in [-0.1, -0.05) is 24.6 Å². The molecule has 1 aliphatic heterocycles. The molecule has 0 fully saturated rings. The van der Waals surface area contributed by atoms with Crippen LogP contribution in [0.1, 0.15) is 43.0 Å². The third-order valence-corrected chi connectivity index (χ3v) is 5.31. The van der Waals surface area contributed by atoms with Crippen LogP contribution in [-0.2, 0) is 10.8 Å². The van der Waals surface area contributed by atoms with E-state index >= 15 is 0 Å². The molecule has 0 amide bonds. The highest BCUT2D eigenvalue weighted by molar-refractivity contribution is 7.86. The summed E-state index contributed by atoms with van der Waals surface area (Å²) in [5, 5.41) is 3.71. The van der Waals surface area contributed by atoms with Gasteiger partial charge in [-0.25, -0.2) is 0 Å². The van der Waals surface area contributed by atoms with Crippen molar-refractivity contribution in [2.24, 2.45) is 0 Å². The van der Waals surface area contributed by atoms with Gasteiger partial charge in [0, 0.05) is 10.9 Å². The smallest absolute Gasteiger partial charge is 0.0583 e. The molecule has 0 saturated heterocycles. The minimum Gasteiger partial charge on any atom is -0.309 e. The molecule has 0 aromatic heterocycles. The highest BCUT2D eigenvalue weighted by atomic mass is 32.2. The Hall–Kier alpha value is -0.670. The van der Waals surface area contributed by atoms with Gasteiger partial charge in [-0.2, -0.15) is 0 Å². The van der Waals surface area contributed by atoms with Gasteiger partial charge in [-0.15, -0.1) is 0 Å². The number of hydrogen-bond acceptors (Lipinski definition) is 2. The van der Waals surface area contributed by atoms with Crippen LogP contribution < -0.4 is 5.32 Å². The van der Waals surface area contributed by atoms with Crippen molar-refractivity contribution in [2.75, 3.05) is 6.54 Å². The van der Waals surface area contributed by atoms with E-state index in [0.717, 1.165) is 17.9 Å². The third-order valence-electron chi connectivity index (χ3n) is 3.41. The maximum Gasteiger partial charge on any atom is 0.0583 e. The maximum absolute atomic E-state index is 12.4. The predicted octanol–water partition coefficient (Wildman–Crippen LogP) is 2.85. The summed E-state index contributed by atoms with van der Waals surface area (Å²) in [6, 6.07) is 4.58. The molecule has 94 valence electrons. The molecule has 1 heterocycles. The summed E-state index contributed by atoms with van der Waals surface area (Å²) in [6.45, 7) is 9.40. The highest BCUT2D eigenvalue weighted by Gasteiger charge is 2.36. The normalized spacial score (nSPS) is 27.2. The summed E-state index contributed by atoms with van der Waals surface area (Å²) in [5.41, 5.74) is 3.68. The molecule has 3 unspecified atom stereocenters. The van der Waals surface area contributed by atoms with Gasteiger partial charge in [0.15, 0.2) is 0 Å². The average molecular weight is 251 g/mol. The Morgan fingerprint density at radius 1 is 1.35 bits per heavy atom. The molecule has 1 aliphatic rings. The molecule has 2 nitrogen and oxygen atoms in total. The van der Waals surface area contributed by atoms with Gasteiger partial charge in [0.05, 0.1) is 16.0 Å². The van der Waals surface area contributed by atoms with E-state index in [1.165, 1.54) is 16.7 Å². The van der Waals surface area contributed by atoms with Crippen LogP contribution in [0.5, 0.6) is 0 Å². The lowest BCUT2D eigenvalue weighted by molar-refractivity contribution is 0.527. The zero-order chi connectivity index (χ0) is 12.6. The van der Waals surface area contributed by atoms with E-state index < -0.39 is 10.8 Å². The summed E-state index contributed by atoms with van der Waals surface area (Å²) in [4.78, 5) is 1.07. The van der Waals surface area contributed by atoms with E-state index in [-0.39, 0.29) is 11.3 Å². The lowest BCUT2D eigenvalue weighted by Gasteiger charge is -2.17. The van der Waals surface area contributed by atoms with Gasteiger partial charge < -0.3 is 5.32 Å². The molecule has 3 heteroatoms. The van der Waals surface area contributed by atoms with Gasteiger partial charge >= 0.3 is 0 Å². The van der Waals surface area contributed by atoms with Crippen molar-refractivity contribution in [3.63, 3.8) is 0 Å². The SMILES string of the molecule is CCCNC1c2cc(C)cc(C)c2S(=O)C1C. The van der Waals surface area contributed by atoms with E-state index in [1.807, 2.05) is 0 Å². The van der Waals surface area contributed by atoms with Crippen molar-refractivity contribution in [2.45, 2.75) is 50.3 Å². The van der Waals surface area contributed by atoms with Gasteiger partial charge in [0.25, 0.3) is 0 Å². The molecule has 2 rings (SSSR count). The average Bonchev–Trinajstić information content (AvgIpc) is 2.49. The molecular weight excluding hydrogens is 230 g/mol. The van der Waals surface area contributed by atoms with Crippen molar-refractivity contribution >= 4 is 10.8 Å². The Bertz CT molecular complexity index is 456. The molecule has 1 aromatic rings. The number of fused-ring (bicyclic) bond motifs is 1. The standard InChI is InChI=1S/C14H21NOS/c1-5-6-15-13-11(4)17(16)14-10(3)7-9(2)8-12(13)14/h7-8,11,13,15H,5-6H2,1-4H3. The van der Waals surface area contributed by atoms with Crippen molar-refractivity contribution in [3.8, 4) is 0 Å².